The zero-order valence-corrected chi connectivity index (χ0v) is 19.1. The van der Waals surface area contributed by atoms with Gasteiger partial charge in [0.05, 0.1) is 7.11 Å². The zero-order chi connectivity index (χ0) is 22.9. The van der Waals surface area contributed by atoms with Crippen molar-refractivity contribution in [3.63, 3.8) is 0 Å². The second kappa shape index (κ2) is 12.3. The Kier molecular flexibility index (Phi) is 9.50. The smallest absolute Gasteiger partial charge is 0.251 e. The van der Waals surface area contributed by atoms with Crippen LogP contribution in [0.4, 0.5) is 5.69 Å². The van der Waals surface area contributed by atoms with Crippen LogP contribution in [0.1, 0.15) is 23.2 Å². The van der Waals surface area contributed by atoms with Crippen LogP contribution in [0.15, 0.2) is 71.7 Å². The summed E-state index contributed by atoms with van der Waals surface area (Å²) in [6.45, 7) is 0.358. The molecule has 6 N–H and O–H groups in total. The maximum absolute atomic E-state index is 13.1. The maximum Gasteiger partial charge on any atom is 0.251 e. The van der Waals surface area contributed by atoms with E-state index in [9.17, 15) is 9.59 Å². The van der Waals surface area contributed by atoms with Crippen LogP contribution in [0.3, 0.4) is 0 Å². The molecule has 0 spiro atoms. The predicted octanol–water partition coefficient (Wildman–Crippen LogP) is 3.06. The van der Waals surface area contributed by atoms with Crippen molar-refractivity contribution in [1.82, 2.24) is 5.32 Å². The number of rotatable bonds is 9. The van der Waals surface area contributed by atoms with Crippen molar-refractivity contribution in [2.24, 2.45) is 16.5 Å². The first kappa shape index (κ1) is 25.5. The summed E-state index contributed by atoms with van der Waals surface area (Å²) in [7, 11) is 1.58. The fraction of sp³-hybridized carbons (Fsp3) is 0.208. The Morgan fingerprint density at radius 1 is 1.03 bits per heavy atom. The van der Waals surface area contributed by atoms with Crippen LogP contribution in [0.25, 0.3) is 10.8 Å². The molecule has 0 bridgehead atoms. The van der Waals surface area contributed by atoms with Crippen LogP contribution in [0.2, 0.25) is 0 Å². The maximum atomic E-state index is 13.1. The number of halogens is 1. The number of nitrogens with zero attached hydrogens (tertiary/aromatic N) is 1. The lowest BCUT2D eigenvalue weighted by Crippen LogP contribution is -2.44. The molecule has 1 unspecified atom stereocenters. The third kappa shape index (κ3) is 7.11. The van der Waals surface area contributed by atoms with Gasteiger partial charge in [0, 0.05) is 29.2 Å². The minimum Gasteiger partial charge on any atom is -0.496 e. The summed E-state index contributed by atoms with van der Waals surface area (Å²) in [4.78, 5) is 29.7. The minimum absolute atomic E-state index is 0. The van der Waals surface area contributed by atoms with E-state index in [4.69, 9.17) is 16.2 Å². The normalized spacial score (nSPS) is 11.1. The molecule has 174 valence electrons. The molecule has 2 amide bonds. The lowest BCUT2D eigenvalue weighted by atomic mass is 10.1. The van der Waals surface area contributed by atoms with Gasteiger partial charge in [-0.3, -0.25) is 14.6 Å². The Labute approximate surface area is 198 Å². The molecule has 0 aliphatic rings. The highest BCUT2D eigenvalue weighted by molar-refractivity contribution is 6.02. The van der Waals surface area contributed by atoms with E-state index in [2.05, 4.69) is 15.6 Å². The average molecular weight is 470 g/mol. The van der Waals surface area contributed by atoms with Crippen LogP contribution >= 0.6 is 12.4 Å². The van der Waals surface area contributed by atoms with Gasteiger partial charge in [0.1, 0.15) is 11.8 Å². The van der Waals surface area contributed by atoms with Crippen molar-refractivity contribution in [2.75, 3.05) is 19.0 Å². The quantitative estimate of drug-likeness (QED) is 0.217. The molecule has 0 saturated carbocycles. The Balaban J connectivity index is 0.00000385. The molecule has 0 radical (unpaired) electrons. The van der Waals surface area contributed by atoms with E-state index in [1.54, 1.807) is 37.4 Å². The molecule has 0 fully saturated rings. The van der Waals surface area contributed by atoms with Crippen LogP contribution in [0.5, 0.6) is 5.75 Å². The van der Waals surface area contributed by atoms with Crippen molar-refractivity contribution in [3.05, 3.63) is 72.3 Å². The molecule has 1 atom stereocenters. The second-order valence-corrected chi connectivity index (χ2v) is 7.23. The molecule has 8 nitrogen and oxygen atoms in total. The number of carbonyl (C=O) groups excluding carboxylic acids is 2. The highest BCUT2D eigenvalue weighted by atomic mass is 35.5. The minimum atomic E-state index is -0.769. The number of aliphatic imine (C=N–C) groups is 1. The molecule has 9 heteroatoms. The van der Waals surface area contributed by atoms with Gasteiger partial charge in [0.25, 0.3) is 5.91 Å². The monoisotopic (exact) mass is 469 g/mol. The fourth-order valence-electron chi connectivity index (χ4n) is 3.35. The molecule has 3 aromatic rings. The summed E-state index contributed by atoms with van der Waals surface area (Å²) in [5.74, 6) is -0.0291. The van der Waals surface area contributed by atoms with Crippen molar-refractivity contribution >= 4 is 46.6 Å². The number of nitrogens with two attached hydrogens (primary N) is 2. The molecule has 0 aliphatic carbocycles. The van der Waals surface area contributed by atoms with Gasteiger partial charge in [-0.2, -0.15) is 0 Å². The Morgan fingerprint density at radius 2 is 1.73 bits per heavy atom. The van der Waals surface area contributed by atoms with Gasteiger partial charge in [0.15, 0.2) is 5.96 Å². The number of nitrogens with one attached hydrogen (secondary N) is 2. The van der Waals surface area contributed by atoms with Crippen molar-refractivity contribution in [1.29, 1.82) is 0 Å². The van der Waals surface area contributed by atoms with Gasteiger partial charge >= 0.3 is 0 Å². The number of carbonyl (C=O) groups is 2. The zero-order valence-electron chi connectivity index (χ0n) is 18.3. The van der Waals surface area contributed by atoms with E-state index in [1.807, 2.05) is 36.4 Å². The number of amides is 2. The molecule has 33 heavy (non-hydrogen) atoms. The summed E-state index contributed by atoms with van der Waals surface area (Å²) in [6, 6.07) is 19.3. The largest absolute Gasteiger partial charge is 0.496 e. The average Bonchev–Trinajstić information content (AvgIpc) is 2.80. The van der Waals surface area contributed by atoms with Gasteiger partial charge in [0.2, 0.25) is 5.91 Å². The molecule has 3 rings (SSSR count). The van der Waals surface area contributed by atoms with Crippen molar-refractivity contribution in [3.8, 4) is 5.75 Å². The van der Waals surface area contributed by atoms with Crippen molar-refractivity contribution in [2.45, 2.75) is 18.9 Å². The summed E-state index contributed by atoms with van der Waals surface area (Å²) in [5, 5.41) is 7.58. The summed E-state index contributed by atoms with van der Waals surface area (Å²) in [6.07, 6.45) is 0.887. The summed E-state index contributed by atoms with van der Waals surface area (Å²) >= 11 is 0. The van der Waals surface area contributed by atoms with E-state index in [0.717, 1.165) is 10.8 Å². The lowest BCUT2D eigenvalue weighted by Gasteiger charge is -2.19. The first-order valence-electron chi connectivity index (χ1n) is 10.3. The molecule has 0 aromatic heterocycles. The SMILES string of the molecule is COc1cc(NC(=O)C(CCCN=C(N)N)NC(=O)c2ccccc2)cc2ccccc12.Cl. The van der Waals surface area contributed by atoms with Crippen LogP contribution in [0, 0.1) is 0 Å². The molecule has 0 aliphatic heterocycles. The molecular formula is C24H28ClN5O3. The van der Waals surface area contributed by atoms with E-state index >= 15 is 0 Å². The van der Waals surface area contributed by atoms with Crippen molar-refractivity contribution < 1.29 is 14.3 Å². The number of guanidine groups is 1. The van der Waals surface area contributed by atoms with Gasteiger partial charge in [-0.05, 0) is 36.4 Å². The predicted molar refractivity (Wildman–Crippen MR) is 134 cm³/mol. The van der Waals surface area contributed by atoms with E-state index in [0.29, 0.717) is 36.4 Å². The van der Waals surface area contributed by atoms with Gasteiger partial charge < -0.3 is 26.8 Å². The number of methoxy groups -OCH3 is 1. The van der Waals surface area contributed by atoms with Crippen LogP contribution in [-0.2, 0) is 4.79 Å². The van der Waals surface area contributed by atoms with Gasteiger partial charge in [-0.25, -0.2) is 0 Å². The fourth-order valence-corrected chi connectivity index (χ4v) is 3.35. The topological polar surface area (TPSA) is 132 Å². The summed E-state index contributed by atoms with van der Waals surface area (Å²) < 4.78 is 5.47. The van der Waals surface area contributed by atoms with E-state index < -0.39 is 6.04 Å². The number of anilines is 1. The molecular weight excluding hydrogens is 442 g/mol. The van der Waals surface area contributed by atoms with Gasteiger partial charge in [-0.1, -0.05) is 42.5 Å². The van der Waals surface area contributed by atoms with E-state index in [1.165, 1.54) is 0 Å². The van der Waals surface area contributed by atoms with Gasteiger partial charge in [-0.15, -0.1) is 12.4 Å². The standard InChI is InChI=1S/C24H27N5O3.ClH/c1-32-21-15-18(14-17-10-5-6-11-19(17)21)28-23(31)20(12-7-13-27-24(25)26)29-22(30)16-8-3-2-4-9-16;/h2-6,8-11,14-15,20H,7,12-13H2,1H3,(H,28,31)(H,29,30)(H4,25,26,27);1H. The number of hydrogen-bond acceptors (Lipinski definition) is 4. The molecule has 3 aromatic carbocycles. The highest BCUT2D eigenvalue weighted by Gasteiger charge is 2.22. The number of ether oxygens (including phenoxy) is 1. The number of hydrogen-bond donors (Lipinski definition) is 4. The Morgan fingerprint density at radius 3 is 2.42 bits per heavy atom. The highest BCUT2D eigenvalue weighted by Crippen LogP contribution is 2.29. The van der Waals surface area contributed by atoms with E-state index in [-0.39, 0.29) is 30.2 Å². The Bertz CT molecular complexity index is 1120. The molecule has 0 heterocycles. The summed E-state index contributed by atoms with van der Waals surface area (Å²) in [5.41, 5.74) is 11.8. The Hall–Kier alpha value is -3.78. The third-order valence-corrected chi connectivity index (χ3v) is 4.91. The molecule has 0 saturated heterocycles. The number of benzene rings is 3. The first-order chi connectivity index (χ1) is 15.5. The second-order valence-electron chi connectivity index (χ2n) is 7.23. The third-order valence-electron chi connectivity index (χ3n) is 4.91. The van der Waals surface area contributed by atoms with Crippen LogP contribution in [-0.4, -0.2) is 37.5 Å². The van der Waals surface area contributed by atoms with Crippen LogP contribution < -0.4 is 26.8 Å². The number of fused-ring (bicyclic) bond motifs is 1. The lowest BCUT2D eigenvalue weighted by molar-refractivity contribution is -0.118. The first-order valence-corrected chi connectivity index (χ1v) is 10.3.